The van der Waals surface area contributed by atoms with Crippen LogP contribution in [0.5, 0.6) is 0 Å². The molecule has 2 rings (SSSR count). The fourth-order valence-electron chi connectivity index (χ4n) is 1.54. The van der Waals surface area contributed by atoms with Gasteiger partial charge >= 0.3 is 6.18 Å². The van der Waals surface area contributed by atoms with Gasteiger partial charge in [-0.15, -0.1) is 0 Å². The van der Waals surface area contributed by atoms with E-state index >= 15 is 0 Å². The summed E-state index contributed by atoms with van der Waals surface area (Å²) in [4.78, 5) is 20.0. The molecule has 0 spiro atoms. The van der Waals surface area contributed by atoms with Crippen LogP contribution in [0.15, 0.2) is 29.3 Å². The predicted octanol–water partition coefficient (Wildman–Crippen LogP) is 2.83. The molecule has 0 aliphatic carbocycles. The number of halogens is 3. The van der Waals surface area contributed by atoms with Crippen molar-refractivity contribution in [2.45, 2.75) is 11.2 Å². The Morgan fingerprint density at radius 3 is 2.52 bits per heavy atom. The Kier molecular flexibility index (Phi) is 4.36. The molecular weight excluding hydrogens is 303 g/mol. The monoisotopic (exact) mass is 315 g/mol. The van der Waals surface area contributed by atoms with Gasteiger partial charge in [-0.1, -0.05) is 30.0 Å². The number of para-hydroxylation sites is 1. The molecule has 112 valence electrons. The molecule has 0 bridgehead atoms. The zero-order chi connectivity index (χ0) is 15.6. The van der Waals surface area contributed by atoms with E-state index in [1.165, 1.54) is 11.0 Å². The maximum Gasteiger partial charge on any atom is 0.451 e. The lowest BCUT2D eigenvalue weighted by molar-refractivity contribution is -0.145. The minimum absolute atomic E-state index is 0.0192. The second-order valence-corrected chi connectivity index (χ2v) is 5.41. The van der Waals surface area contributed by atoms with Crippen molar-refractivity contribution in [3.05, 3.63) is 30.1 Å². The fourth-order valence-corrected chi connectivity index (χ4v) is 2.54. The molecule has 0 saturated carbocycles. The van der Waals surface area contributed by atoms with Gasteiger partial charge in [0.15, 0.2) is 0 Å². The number of nitrogens with zero attached hydrogens (tertiary/aromatic N) is 3. The van der Waals surface area contributed by atoms with Crippen molar-refractivity contribution in [1.29, 1.82) is 0 Å². The molecule has 1 amide bonds. The lowest BCUT2D eigenvalue weighted by Gasteiger charge is -2.12. The molecule has 21 heavy (non-hydrogen) atoms. The van der Waals surface area contributed by atoms with Gasteiger partial charge in [-0.2, -0.15) is 13.2 Å². The summed E-state index contributed by atoms with van der Waals surface area (Å²) in [5, 5.41) is 0.658. The Labute approximate surface area is 123 Å². The molecule has 0 aliphatic heterocycles. The summed E-state index contributed by atoms with van der Waals surface area (Å²) < 4.78 is 38.4. The van der Waals surface area contributed by atoms with Gasteiger partial charge in [0, 0.05) is 19.5 Å². The second kappa shape index (κ2) is 5.88. The smallest absolute Gasteiger partial charge is 0.348 e. The number of hydrogen-bond donors (Lipinski definition) is 0. The Bertz CT molecular complexity index is 673. The summed E-state index contributed by atoms with van der Waals surface area (Å²) in [6.07, 6.45) is -4.62. The van der Waals surface area contributed by atoms with E-state index in [1.807, 2.05) is 0 Å². The third-order valence-corrected chi connectivity index (χ3v) is 3.63. The topological polar surface area (TPSA) is 46.1 Å². The molecule has 4 nitrogen and oxygen atoms in total. The van der Waals surface area contributed by atoms with E-state index < -0.39 is 12.0 Å². The van der Waals surface area contributed by atoms with Crippen LogP contribution in [0, 0.1) is 0 Å². The zero-order valence-electron chi connectivity index (χ0n) is 11.3. The number of benzene rings is 1. The minimum Gasteiger partial charge on any atom is -0.348 e. The van der Waals surface area contributed by atoms with E-state index in [-0.39, 0.29) is 22.2 Å². The number of alkyl halides is 3. The fraction of sp³-hybridized carbons (Fsp3) is 0.308. The summed E-state index contributed by atoms with van der Waals surface area (Å²) in [6.45, 7) is 0. The van der Waals surface area contributed by atoms with Crippen LogP contribution in [0.2, 0.25) is 0 Å². The van der Waals surface area contributed by atoms with E-state index in [0.29, 0.717) is 5.39 Å². The first-order valence-corrected chi connectivity index (χ1v) is 6.94. The lowest BCUT2D eigenvalue weighted by atomic mass is 10.2. The third-order valence-electron chi connectivity index (χ3n) is 2.65. The normalized spacial score (nSPS) is 11.7. The van der Waals surface area contributed by atoms with Crippen molar-refractivity contribution in [3.63, 3.8) is 0 Å². The van der Waals surface area contributed by atoms with Gasteiger partial charge in [0.05, 0.1) is 11.3 Å². The largest absolute Gasteiger partial charge is 0.451 e. The number of carbonyl (C=O) groups excluding carboxylic acids is 1. The summed E-state index contributed by atoms with van der Waals surface area (Å²) in [7, 11) is 3.17. The SMILES string of the molecule is CN(C)C(=O)CSc1nc(C(F)(F)F)nc2ccccc12. The standard InChI is InChI=1S/C13H12F3N3OS/c1-19(2)10(20)7-21-11-8-5-3-4-6-9(8)17-12(18-11)13(14,15)16/h3-6H,7H2,1-2H3. The molecule has 0 atom stereocenters. The van der Waals surface area contributed by atoms with Crippen LogP contribution in [0.1, 0.15) is 5.82 Å². The van der Waals surface area contributed by atoms with E-state index in [4.69, 9.17) is 0 Å². The molecule has 0 fully saturated rings. The molecule has 1 aromatic carbocycles. The highest BCUT2D eigenvalue weighted by atomic mass is 32.2. The number of hydrogen-bond acceptors (Lipinski definition) is 4. The van der Waals surface area contributed by atoms with Crippen LogP contribution in [0.4, 0.5) is 13.2 Å². The van der Waals surface area contributed by atoms with Crippen molar-refractivity contribution in [1.82, 2.24) is 14.9 Å². The highest BCUT2D eigenvalue weighted by Gasteiger charge is 2.35. The quantitative estimate of drug-likeness (QED) is 0.645. The molecule has 0 saturated heterocycles. The van der Waals surface area contributed by atoms with E-state index in [1.54, 1.807) is 32.3 Å². The second-order valence-electron chi connectivity index (χ2n) is 4.44. The van der Waals surface area contributed by atoms with Gasteiger partial charge in [0.2, 0.25) is 11.7 Å². The highest BCUT2D eigenvalue weighted by molar-refractivity contribution is 8.00. The first-order chi connectivity index (χ1) is 9.79. The maximum absolute atomic E-state index is 12.8. The van der Waals surface area contributed by atoms with Crippen LogP contribution in [0.3, 0.4) is 0 Å². The number of rotatable bonds is 3. The Morgan fingerprint density at radius 1 is 1.24 bits per heavy atom. The Morgan fingerprint density at radius 2 is 1.90 bits per heavy atom. The molecule has 2 aromatic rings. The zero-order valence-corrected chi connectivity index (χ0v) is 12.1. The van der Waals surface area contributed by atoms with Crippen molar-refractivity contribution >= 4 is 28.6 Å². The van der Waals surface area contributed by atoms with Gasteiger partial charge in [0.25, 0.3) is 0 Å². The molecule has 1 aromatic heterocycles. The highest BCUT2D eigenvalue weighted by Crippen LogP contribution is 2.31. The van der Waals surface area contributed by atoms with Crippen LogP contribution in [-0.2, 0) is 11.0 Å². The Hall–Kier alpha value is -1.83. The molecule has 0 N–H and O–H groups in total. The van der Waals surface area contributed by atoms with Gasteiger partial charge < -0.3 is 4.90 Å². The Balaban J connectivity index is 2.43. The minimum atomic E-state index is -4.62. The number of carbonyl (C=O) groups is 1. The predicted molar refractivity (Wildman–Crippen MR) is 74.0 cm³/mol. The number of fused-ring (bicyclic) bond motifs is 1. The van der Waals surface area contributed by atoms with Crippen LogP contribution in [0.25, 0.3) is 10.9 Å². The molecule has 0 unspecified atom stereocenters. The molecule has 0 radical (unpaired) electrons. The maximum atomic E-state index is 12.8. The number of thioether (sulfide) groups is 1. The van der Waals surface area contributed by atoms with Crippen LogP contribution in [-0.4, -0.2) is 40.6 Å². The van der Waals surface area contributed by atoms with Crippen LogP contribution < -0.4 is 0 Å². The molecule has 8 heteroatoms. The lowest BCUT2D eigenvalue weighted by Crippen LogP contribution is -2.23. The van der Waals surface area contributed by atoms with E-state index in [0.717, 1.165) is 11.8 Å². The van der Waals surface area contributed by atoms with Gasteiger partial charge in [0.1, 0.15) is 5.03 Å². The summed E-state index contributed by atoms with van der Waals surface area (Å²) in [5.74, 6) is -1.37. The van der Waals surface area contributed by atoms with Gasteiger partial charge in [-0.25, -0.2) is 9.97 Å². The summed E-state index contributed by atoms with van der Waals surface area (Å²) >= 11 is 0.974. The van der Waals surface area contributed by atoms with Crippen molar-refractivity contribution in [2.75, 3.05) is 19.8 Å². The van der Waals surface area contributed by atoms with Crippen molar-refractivity contribution in [3.8, 4) is 0 Å². The van der Waals surface area contributed by atoms with Crippen molar-refractivity contribution < 1.29 is 18.0 Å². The average molecular weight is 315 g/mol. The first kappa shape index (κ1) is 15.6. The summed E-state index contributed by atoms with van der Waals surface area (Å²) in [5.41, 5.74) is 0.208. The number of aromatic nitrogens is 2. The van der Waals surface area contributed by atoms with Crippen LogP contribution >= 0.6 is 11.8 Å². The van der Waals surface area contributed by atoms with E-state index in [2.05, 4.69) is 9.97 Å². The molecule has 1 heterocycles. The van der Waals surface area contributed by atoms with Gasteiger partial charge in [-0.3, -0.25) is 4.79 Å². The first-order valence-electron chi connectivity index (χ1n) is 5.96. The summed E-state index contributed by atoms with van der Waals surface area (Å²) in [6, 6.07) is 6.42. The van der Waals surface area contributed by atoms with E-state index in [9.17, 15) is 18.0 Å². The molecular formula is C13H12F3N3OS. The average Bonchev–Trinajstić information content (AvgIpc) is 2.42. The number of amides is 1. The molecule has 0 aliphatic rings. The third kappa shape index (κ3) is 3.63. The van der Waals surface area contributed by atoms with Gasteiger partial charge in [-0.05, 0) is 6.07 Å². The van der Waals surface area contributed by atoms with Crippen molar-refractivity contribution in [2.24, 2.45) is 0 Å².